The van der Waals surface area contributed by atoms with Gasteiger partial charge in [-0.1, -0.05) is 83.3 Å². The summed E-state index contributed by atoms with van der Waals surface area (Å²) < 4.78 is 11.7. The Balaban J connectivity index is 1.52. The topological polar surface area (TPSA) is 110 Å². The van der Waals surface area contributed by atoms with Gasteiger partial charge in [-0.3, -0.25) is 4.79 Å². The molecule has 0 aliphatic heterocycles. The van der Waals surface area contributed by atoms with E-state index in [-0.39, 0.29) is 24.5 Å². The number of aromatic carboxylic acids is 1. The minimum absolute atomic E-state index is 0.108. The lowest BCUT2D eigenvalue weighted by Gasteiger charge is -2.14. The van der Waals surface area contributed by atoms with Crippen LogP contribution in [0.2, 0.25) is 10.0 Å². The van der Waals surface area contributed by atoms with E-state index in [1.165, 1.54) is 0 Å². The number of unbranched alkanes of at least 4 members (excludes halogenated alkanes) is 1. The molecule has 0 saturated heterocycles. The maximum atomic E-state index is 11.2. The lowest BCUT2D eigenvalue weighted by Crippen LogP contribution is -2.04. The van der Waals surface area contributed by atoms with Crippen LogP contribution in [-0.4, -0.2) is 27.3 Å². The smallest absolute Gasteiger partial charge is 0.335 e. The molecule has 0 saturated carbocycles. The minimum Gasteiger partial charge on any atom is -0.488 e. The molecule has 1 heterocycles. The number of carbonyl (C=O) groups is 2. The highest BCUT2D eigenvalue weighted by Crippen LogP contribution is 2.37. The Morgan fingerprint density at radius 3 is 2.38 bits per heavy atom. The highest BCUT2D eigenvalue weighted by molar-refractivity contribution is 6.39. The number of aliphatic carboxylic acids is 1. The number of allylic oxidation sites excluding steroid dienone is 1. The van der Waals surface area contributed by atoms with Crippen molar-refractivity contribution in [1.82, 2.24) is 5.16 Å². The summed E-state index contributed by atoms with van der Waals surface area (Å²) in [5, 5.41) is 23.3. The van der Waals surface area contributed by atoms with Gasteiger partial charge in [0.2, 0.25) is 0 Å². The van der Waals surface area contributed by atoms with Crippen LogP contribution < -0.4 is 4.74 Å². The van der Waals surface area contributed by atoms with Gasteiger partial charge in [0.05, 0.1) is 21.2 Å². The molecule has 4 rings (SSSR count). The van der Waals surface area contributed by atoms with Gasteiger partial charge in [-0.05, 0) is 68.0 Å². The lowest BCUT2D eigenvalue weighted by molar-refractivity contribution is -0.137. The largest absolute Gasteiger partial charge is 0.488 e. The number of hydrogen-bond acceptors (Lipinski definition) is 5. The summed E-state index contributed by atoms with van der Waals surface area (Å²) in [4.78, 5) is 22.2. The molecule has 7 nitrogen and oxygen atoms in total. The SMILES string of the molecule is Cc1onc(-c2c(Cl)cccc2Cl)c1COc1ccccc1C=CC(CCCCC(=O)O)Cc1ccc(C(=O)O)cc1. The molecule has 0 spiro atoms. The van der Waals surface area contributed by atoms with Gasteiger partial charge < -0.3 is 19.5 Å². The van der Waals surface area contributed by atoms with Crippen molar-refractivity contribution in [2.75, 3.05) is 0 Å². The summed E-state index contributed by atoms with van der Waals surface area (Å²) in [6, 6.07) is 19.8. The first-order valence-corrected chi connectivity index (χ1v) is 14.3. The second kappa shape index (κ2) is 14.7. The number of halogens is 2. The summed E-state index contributed by atoms with van der Waals surface area (Å²) in [6.45, 7) is 2.00. The van der Waals surface area contributed by atoms with Gasteiger partial charge in [0.1, 0.15) is 23.8 Å². The maximum Gasteiger partial charge on any atom is 0.335 e. The summed E-state index contributed by atoms with van der Waals surface area (Å²) >= 11 is 12.9. The third-order valence-electron chi connectivity index (χ3n) is 6.94. The van der Waals surface area contributed by atoms with E-state index >= 15 is 0 Å². The number of benzene rings is 3. The minimum atomic E-state index is -0.966. The van der Waals surface area contributed by atoms with Crippen molar-refractivity contribution in [1.29, 1.82) is 0 Å². The van der Waals surface area contributed by atoms with Crippen molar-refractivity contribution < 1.29 is 29.1 Å². The van der Waals surface area contributed by atoms with Crippen molar-refractivity contribution in [2.24, 2.45) is 5.92 Å². The van der Waals surface area contributed by atoms with Crippen molar-refractivity contribution in [3.8, 4) is 17.0 Å². The molecular weight excluding hydrogens is 577 g/mol. The van der Waals surface area contributed by atoms with Crippen molar-refractivity contribution in [3.63, 3.8) is 0 Å². The molecule has 1 aromatic heterocycles. The zero-order valence-electron chi connectivity index (χ0n) is 23.1. The molecule has 3 aromatic carbocycles. The number of carboxylic acids is 2. The molecule has 0 aliphatic carbocycles. The highest BCUT2D eigenvalue weighted by atomic mass is 35.5. The molecule has 0 fully saturated rings. The van der Waals surface area contributed by atoms with Crippen LogP contribution in [0.25, 0.3) is 17.3 Å². The zero-order valence-corrected chi connectivity index (χ0v) is 24.6. The van der Waals surface area contributed by atoms with E-state index in [4.69, 9.17) is 37.6 Å². The number of ether oxygens (including phenoxy) is 1. The molecule has 2 N–H and O–H groups in total. The Morgan fingerprint density at radius 1 is 0.976 bits per heavy atom. The summed E-state index contributed by atoms with van der Waals surface area (Å²) in [5.41, 5.74) is 3.98. The van der Waals surface area contributed by atoms with Gasteiger partial charge in [0.15, 0.2) is 0 Å². The third-order valence-corrected chi connectivity index (χ3v) is 7.57. The van der Waals surface area contributed by atoms with Crippen LogP contribution in [0.1, 0.15) is 58.5 Å². The molecule has 42 heavy (non-hydrogen) atoms. The highest BCUT2D eigenvalue weighted by Gasteiger charge is 2.20. The molecule has 9 heteroatoms. The second-order valence-electron chi connectivity index (χ2n) is 9.95. The molecule has 0 amide bonds. The molecule has 4 aromatic rings. The average molecular weight is 609 g/mol. The van der Waals surface area contributed by atoms with E-state index in [0.29, 0.717) is 45.7 Å². The van der Waals surface area contributed by atoms with E-state index in [9.17, 15) is 14.7 Å². The number of rotatable bonds is 14. The second-order valence-corrected chi connectivity index (χ2v) is 10.8. The average Bonchev–Trinajstić information content (AvgIpc) is 3.32. The van der Waals surface area contributed by atoms with E-state index in [0.717, 1.165) is 29.5 Å². The Morgan fingerprint density at radius 2 is 1.69 bits per heavy atom. The Labute approximate surface area is 254 Å². The van der Waals surface area contributed by atoms with Crippen molar-refractivity contribution >= 4 is 41.2 Å². The van der Waals surface area contributed by atoms with Crippen LogP contribution in [0.5, 0.6) is 5.75 Å². The Kier molecular flexibility index (Phi) is 10.8. The third kappa shape index (κ3) is 8.24. The normalized spacial score (nSPS) is 12.0. The van der Waals surface area contributed by atoms with Gasteiger partial charge >= 0.3 is 11.9 Å². The van der Waals surface area contributed by atoms with Gasteiger partial charge in [-0.25, -0.2) is 4.79 Å². The number of aromatic nitrogens is 1. The van der Waals surface area contributed by atoms with Crippen LogP contribution in [0, 0.1) is 12.8 Å². The van der Waals surface area contributed by atoms with Gasteiger partial charge in [-0.15, -0.1) is 0 Å². The Hall–Kier alpha value is -4.07. The molecule has 218 valence electrons. The monoisotopic (exact) mass is 607 g/mol. The quantitative estimate of drug-likeness (QED) is 0.138. The van der Waals surface area contributed by atoms with Crippen LogP contribution in [0.4, 0.5) is 0 Å². The number of carboxylic acid groups (broad SMARTS) is 2. The van der Waals surface area contributed by atoms with E-state index in [2.05, 4.69) is 11.2 Å². The van der Waals surface area contributed by atoms with Crippen molar-refractivity contribution in [2.45, 2.75) is 45.6 Å². The number of aryl methyl sites for hydroxylation is 1. The number of para-hydroxylation sites is 1. The fraction of sp³-hybridized carbons (Fsp3) is 0.242. The first-order valence-electron chi connectivity index (χ1n) is 13.6. The van der Waals surface area contributed by atoms with Crippen LogP contribution in [-0.2, 0) is 17.8 Å². The van der Waals surface area contributed by atoms with Crippen LogP contribution in [0.15, 0.2) is 77.3 Å². The number of hydrogen-bond donors (Lipinski definition) is 2. The van der Waals surface area contributed by atoms with E-state index in [1.807, 2.05) is 49.4 Å². The zero-order chi connectivity index (χ0) is 30.1. The molecule has 0 radical (unpaired) electrons. The summed E-state index contributed by atoms with van der Waals surface area (Å²) in [6.07, 6.45) is 7.07. The summed E-state index contributed by atoms with van der Waals surface area (Å²) in [7, 11) is 0. The maximum absolute atomic E-state index is 11.2. The summed E-state index contributed by atoms with van der Waals surface area (Å²) in [5.74, 6) is -0.394. The molecule has 0 aliphatic rings. The fourth-order valence-electron chi connectivity index (χ4n) is 4.66. The van der Waals surface area contributed by atoms with Crippen molar-refractivity contribution in [3.05, 3.63) is 111 Å². The number of nitrogens with zero attached hydrogens (tertiary/aromatic N) is 1. The first kappa shape index (κ1) is 30.9. The first-order chi connectivity index (χ1) is 20.2. The van der Waals surface area contributed by atoms with E-state index < -0.39 is 11.9 Å². The lowest BCUT2D eigenvalue weighted by atomic mass is 9.92. The fourth-order valence-corrected chi connectivity index (χ4v) is 5.23. The van der Waals surface area contributed by atoms with Crippen LogP contribution in [0.3, 0.4) is 0 Å². The van der Waals surface area contributed by atoms with Gasteiger partial charge in [-0.2, -0.15) is 0 Å². The standard InChI is InChI=1S/C33H31Cl2NO6/c1-21-26(32(36-42-21)31-27(34)9-6-10-28(31)35)20-41-29-11-4-3-8-24(29)16-13-22(7-2-5-12-30(37)38)19-23-14-17-25(18-15-23)33(39)40/h3-4,6,8-11,13-18,22H,2,5,7,12,19-20H2,1H3,(H,37,38)(H,39,40). The molecular formula is C33H31Cl2NO6. The van der Waals surface area contributed by atoms with Gasteiger partial charge in [0.25, 0.3) is 0 Å². The molecule has 0 bridgehead atoms. The molecule has 1 atom stereocenters. The van der Waals surface area contributed by atoms with Crippen LogP contribution >= 0.6 is 23.2 Å². The Bertz CT molecular complexity index is 1540. The predicted molar refractivity (Wildman–Crippen MR) is 163 cm³/mol. The molecule has 1 unspecified atom stereocenters. The van der Waals surface area contributed by atoms with E-state index in [1.54, 1.807) is 30.3 Å². The predicted octanol–water partition coefficient (Wildman–Crippen LogP) is 8.75. The van der Waals surface area contributed by atoms with Gasteiger partial charge in [0, 0.05) is 17.5 Å².